The minimum absolute atomic E-state index is 0.125. The Hall–Kier alpha value is -1.59. The molecule has 90 valence electrons. The third-order valence-corrected chi connectivity index (χ3v) is 2.62. The lowest BCUT2D eigenvalue weighted by atomic mass is 10.3. The molecule has 0 radical (unpaired) electrons. The van der Waals surface area contributed by atoms with E-state index in [1.54, 1.807) is 29.7 Å². The monoisotopic (exact) mass is 253 g/mol. The molecule has 2 rings (SSSR count). The van der Waals surface area contributed by atoms with Gasteiger partial charge in [0.2, 0.25) is 0 Å². The zero-order valence-corrected chi connectivity index (χ0v) is 9.98. The molecule has 2 aromatic heterocycles. The van der Waals surface area contributed by atoms with Crippen LogP contribution in [0.15, 0.2) is 24.4 Å². The molecule has 1 amide bonds. The van der Waals surface area contributed by atoms with Gasteiger partial charge >= 0.3 is 0 Å². The number of fused-ring (bicyclic) bond motifs is 1. The van der Waals surface area contributed by atoms with E-state index in [0.29, 0.717) is 5.65 Å². The van der Waals surface area contributed by atoms with Gasteiger partial charge in [-0.05, 0) is 19.1 Å². The number of aliphatic hydroxyl groups excluding tert-OH is 1. The molecule has 0 aromatic carbocycles. The molecule has 6 heteroatoms. The van der Waals surface area contributed by atoms with Gasteiger partial charge in [-0.1, -0.05) is 17.7 Å². The second kappa shape index (κ2) is 4.73. The van der Waals surface area contributed by atoms with Crippen LogP contribution < -0.4 is 5.32 Å². The molecule has 0 aliphatic heterocycles. The Morgan fingerprint density at radius 3 is 3.12 bits per heavy atom. The van der Waals surface area contributed by atoms with Crippen molar-refractivity contribution in [1.29, 1.82) is 0 Å². The average molecular weight is 254 g/mol. The predicted octanol–water partition coefficient (Wildman–Crippen LogP) is 1.10. The van der Waals surface area contributed by atoms with Crippen LogP contribution in [0.1, 0.15) is 17.4 Å². The minimum Gasteiger partial charge on any atom is -0.394 e. The summed E-state index contributed by atoms with van der Waals surface area (Å²) in [5, 5.41) is 11.7. The van der Waals surface area contributed by atoms with Gasteiger partial charge in [0, 0.05) is 12.2 Å². The van der Waals surface area contributed by atoms with E-state index >= 15 is 0 Å². The van der Waals surface area contributed by atoms with Crippen molar-refractivity contribution in [2.24, 2.45) is 0 Å². The number of nitrogens with one attached hydrogen (secondary N) is 1. The van der Waals surface area contributed by atoms with E-state index in [-0.39, 0.29) is 29.4 Å². The Morgan fingerprint density at radius 2 is 2.41 bits per heavy atom. The van der Waals surface area contributed by atoms with Gasteiger partial charge in [0.15, 0.2) is 10.8 Å². The fourth-order valence-electron chi connectivity index (χ4n) is 1.51. The highest BCUT2D eigenvalue weighted by atomic mass is 35.5. The van der Waals surface area contributed by atoms with Crippen LogP contribution in [0.5, 0.6) is 0 Å². The lowest BCUT2D eigenvalue weighted by Crippen LogP contribution is -2.35. The van der Waals surface area contributed by atoms with Crippen LogP contribution >= 0.6 is 11.6 Å². The molecule has 0 aliphatic rings. The van der Waals surface area contributed by atoms with Gasteiger partial charge in [-0.3, -0.25) is 9.20 Å². The first-order valence-corrected chi connectivity index (χ1v) is 5.55. The van der Waals surface area contributed by atoms with E-state index in [4.69, 9.17) is 16.7 Å². The lowest BCUT2D eigenvalue weighted by molar-refractivity contribution is 0.0916. The molecule has 1 unspecified atom stereocenters. The number of pyridine rings is 1. The second-order valence-electron chi connectivity index (χ2n) is 3.74. The summed E-state index contributed by atoms with van der Waals surface area (Å²) in [5.41, 5.74) is 0.891. The number of rotatable bonds is 3. The molecule has 0 fully saturated rings. The van der Waals surface area contributed by atoms with Gasteiger partial charge in [-0.15, -0.1) is 0 Å². The third-order valence-electron chi connectivity index (χ3n) is 2.35. The number of carbonyl (C=O) groups excluding carboxylic acids is 1. The zero-order chi connectivity index (χ0) is 12.4. The number of imidazole rings is 1. The standard InChI is InChI=1S/C11H12ClN3O2/c1-7(6-16)13-11(17)9-10(12)14-8-4-2-3-5-15(8)9/h2-5,7,16H,6H2,1H3,(H,13,17). The Labute approximate surface area is 103 Å². The molecular weight excluding hydrogens is 242 g/mol. The second-order valence-corrected chi connectivity index (χ2v) is 4.10. The average Bonchev–Trinajstić information content (AvgIpc) is 2.64. The van der Waals surface area contributed by atoms with Gasteiger partial charge in [-0.25, -0.2) is 4.98 Å². The van der Waals surface area contributed by atoms with Crippen LogP contribution in [0.4, 0.5) is 0 Å². The highest BCUT2D eigenvalue weighted by Crippen LogP contribution is 2.17. The fourth-order valence-corrected chi connectivity index (χ4v) is 1.77. The molecule has 0 spiro atoms. The summed E-state index contributed by atoms with van der Waals surface area (Å²) in [5.74, 6) is -0.352. The Kier molecular flexibility index (Phi) is 3.31. The van der Waals surface area contributed by atoms with E-state index in [0.717, 1.165) is 0 Å². The molecule has 0 saturated heterocycles. The number of halogens is 1. The third kappa shape index (κ3) is 2.25. The normalized spacial score (nSPS) is 12.6. The van der Waals surface area contributed by atoms with Crippen molar-refractivity contribution in [2.75, 3.05) is 6.61 Å². The van der Waals surface area contributed by atoms with Gasteiger partial charge in [0.25, 0.3) is 5.91 Å². The molecule has 0 bridgehead atoms. The van der Waals surface area contributed by atoms with E-state index in [2.05, 4.69) is 10.3 Å². The summed E-state index contributed by atoms with van der Waals surface area (Å²) in [7, 11) is 0. The smallest absolute Gasteiger partial charge is 0.271 e. The minimum atomic E-state index is -0.352. The molecular formula is C11H12ClN3O2. The molecule has 17 heavy (non-hydrogen) atoms. The Morgan fingerprint density at radius 1 is 1.65 bits per heavy atom. The fraction of sp³-hybridized carbons (Fsp3) is 0.273. The number of amides is 1. The number of aromatic nitrogens is 2. The first-order chi connectivity index (χ1) is 8.13. The van der Waals surface area contributed by atoms with E-state index < -0.39 is 0 Å². The molecule has 1 atom stereocenters. The summed E-state index contributed by atoms with van der Waals surface area (Å²) in [6, 6.07) is 5.04. The summed E-state index contributed by atoms with van der Waals surface area (Å²) in [6.45, 7) is 1.58. The SMILES string of the molecule is CC(CO)NC(=O)c1c(Cl)nc2ccccn12. The van der Waals surface area contributed by atoms with Crippen LogP contribution in [-0.2, 0) is 0 Å². The summed E-state index contributed by atoms with van der Waals surface area (Å²) < 4.78 is 1.61. The topological polar surface area (TPSA) is 66.6 Å². The quantitative estimate of drug-likeness (QED) is 0.861. The molecule has 0 saturated carbocycles. The lowest BCUT2D eigenvalue weighted by Gasteiger charge is -2.10. The van der Waals surface area contributed by atoms with Gasteiger partial charge in [-0.2, -0.15) is 0 Å². The summed E-state index contributed by atoms with van der Waals surface area (Å²) in [6.07, 6.45) is 1.72. The number of carbonyl (C=O) groups is 1. The number of aliphatic hydroxyl groups is 1. The van der Waals surface area contributed by atoms with Crippen molar-refractivity contribution in [3.05, 3.63) is 35.2 Å². The van der Waals surface area contributed by atoms with E-state index in [1.807, 2.05) is 6.07 Å². The Bertz CT molecular complexity index is 553. The number of nitrogens with zero attached hydrogens (tertiary/aromatic N) is 2. The summed E-state index contributed by atoms with van der Waals surface area (Å²) in [4.78, 5) is 16.0. The van der Waals surface area contributed by atoms with Gasteiger partial charge < -0.3 is 10.4 Å². The van der Waals surface area contributed by atoms with E-state index in [1.165, 1.54) is 0 Å². The maximum Gasteiger partial charge on any atom is 0.271 e. The van der Waals surface area contributed by atoms with Crippen LogP contribution in [0.25, 0.3) is 5.65 Å². The van der Waals surface area contributed by atoms with Crippen molar-refractivity contribution in [2.45, 2.75) is 13.0 Å². The van der Waals surface area contributed by atoms with Crippen molar-refractivity contribution < 1.29 is 9.90 Å². The van der Waals surface area contributed by atoms with Crippen LogP contribution in [0.3, 0.4) is 0 Å². The zero-order valence-electron chi connectivity index (χ0n) is 9.22. The molecule has 2 N–H and O–H groups in total. The summed E-state index contributed by atoms with van der Waals surface area (Å²) >= 11 is 5.93. The van der Waals surface area contributed by atoms with Crippen LogP contribution in [0, 0.1) is 0 Å². The highest BCUT2D eigenvalue weighted by molar-refractivity contribution is 6.32. The van der Waals surface area contributed by atoms with Crippen LogP contribution in [-0.4, -0.2) is 33.0 Å². The largest absolute Gasteiger partial charge is 0.394 e. The first kappa shape index (κ1) is 11.9. The number of hydrogen-bond donors (Lipinski definition) is 2. The first-order valence-electron chi connectivity index (χ1n) is 5.17. The number of hydrogen-bond acceptors (Lipinski definition) is 3. The highest BCUT2D eigenvalue weighted by Gasteiger charge is 2.18. The van der Waals surface area contributed by atoms with Gasteiger partial charge in [0.1, 0.15) is 5.65 Å². The van der Waals surface area contributed by atoms with Crippen molar-refractivity contribution in [3.63, 3.8) is 0 Å². The molecule has 5 nitrogen and oxygen atoms in total. The van der Waals surface area contributed by atoms with Gasteiger partial charge in [0.05, 0.1) is 6.61 Å². The molecule has 2 aromatic rings. The van der Waals surface area contributed by atoms with Crippen molar-refractivity contribution in [1.82, 2.24) is 14.7 Å². The maximum absolute atomic E-state index is 11.9. The van der Waals surface area contributed by atoms with E-state index in [9.17, 15) is 4.79 Å². The Balaban J connectivity index is 2.41. The molecule has 2 heterocycles. The maximum atomic E-state index is 11.9. The molecule has 0 aliphatic carbocycles. The predicted molar refractivity (Wildman–Crippen MR) is 64.2 cm³/mol. The van der Waals surface area contributed by atoms with Crippen molar-refractivity contribution >= 4 is 23.2 Å². The van der Waals surface area contributed by atoms with Crippen LogP contribution in [0.2, 0.25) is 5.15 Å². The van der Waals surface area contributed by atoms with Crippen molar-refractivity contribution in [3.8, 4) is 0 Å².